The standard InChI is InChI=1S/C18H14BrNO/c1-2-5-13-7-9-18-8-4-3-6-16(18)21-15-11-12(19)10-14(20-13)17(15)18/h2,4,6-11H,1,3,5H2. The van der Waals surface area contributed by atoms with E-state index in [2.05, 4.69) is 59.0 Å². The third-order valence-corrected chi connectivity index (χ3v) is 4.52. The molecule has 1 unspecified atom stereocenters. The van der Waals surface area contributed by atoms with E-state index >= 15 is 0 Å². The second-order valence-electron chi connectivity index (χ2n) is 5.40. The number of aliphatic imine (C=N–C) groups is 1. The van der Waals surface area contributed by atoms with Crippen LogP contribution < -0.4 is 4.74 Å². The van der Waals surface area contributed by atoms with Gasteiger partial charge < -0.3 is 4.74 Å². The highest BCUT2D eigenvalue weighted by atomic mass is 79.9. The fourth-order valence-corrected chi connectivity index (χ4v) is 3.61. The topological polar surface area (TPSA) is 21.6 Å². The van der Waals surface area contributed by atoms with Crippen LogP contribution in [0.1, 0.15) is 18.4 Å². The van der Waals surface area contributed by atoms with Crippen molar-refractivity contribution in [2.24, 2.45) is 4.99 Å². The minimum atomic E-state index is -0.296. The van der Waals surface area contributed by atoms with Crippen LogP contribution in [0.25, 0.3) is 0 Å². The normalized spacial score (nSPS) is 24.4. The van der Waals surface area contributed by atoms with Crippen molar-refractivity contribution in [2.75, 3.05) is 0 Å². The third kappa shape index (κ3) is 1.80. The van der Waals surface area contributed by atoms with E-state index < -0.39 is 0 Å². The highest BCUT2D eigenvalue weighted by Gasteiger charge is 2.45. The van der Waals surface area contributed by atoms with Crippen molar-refractivity contribution in [1.29, 1.82) is 0 Å². The molecule has 0 N–H and O–H groups in total. The van der Waals surface area contributed by atoms with Crippen LogP contribution in [0.4, 0.5) is 5.69 Å². The average molecular weight is 340 g/mol. The molecule has 1 aromatic carbocycles. The Morgan fingerprint density at radius 3 is 3.14 bits per heavy atom. The van der Waals surface area contributed by atoms with Gasteiger partial charge in [-0.15, -0.1) is 6.58 Å². The lowest BCUT2D eigenvalue weighted by Crippen LogP contribution is -2.22. The first-order valence-corrected chi connectivity index (χ1v) is 7.80. The summed E-state index contributed by atoms with van der Waals surface area (Å²) in [5.41, 5.74) is 2.84. The van der Waals surface area contributed by atoms with Crippen LogP contribution in [0.5, 0.6) is 5.75 Å². The Labute approximate surface area is 132 Å². The van der Waals surface area contributed by atoms with Crippen molar-refractivity contribution in [2.45, 2.75) is 18.3 Å². The Morgan fingerprint density at radius 1 is 1.38 bits per heavy atom. The van der Waals surface area contributed by atoms with Gasteiger partial charge in [0.25, 0.3) is 0 Å². The van der Waals surface area contributed by atoms with Gasteiger partial charge in [0.15, 0.2) is 0 Å². The van der Waals surface area contributed by atoms with Crippen LogP contribution in [-0.4, -0.2) is 5.71 Å². The smallest absolute Gasteiger partial charge is 0.135 e. The summed E-state index contributed by atoms with van der Waals surface area (Å²) in [7, 11) is 0. The average Bonchev–Trinajstić information content (AvgIpc) is 2.70. The molecule has 1 spiro atoms. The molecule has 2 aliphatic heterocycles. The highest BCUT2D eigenvalue weighted by Crippen LogP contribution is 2.54. The van der Waals surface area contributed by atoms with Gasteiger partial charge in [0, 0.05) is 22.2 Å². The Morgan fingerprint density at radius 2 is 2.29 bits per heavy atom. The molecule has 0 aromatic heterocycles. The molecule has 0 radical (unpaired) electrons. The first-order chi connectivity index (χ1) is 10.2. The monoisotopic (exact) mass is 339 g/mol. The van der Waals surface area contributed by atoms with E-state index in [9.17, 15) is 0 Å². The fourth-order valence-electron chi connectivity index (χ4n) is 3.19. The van der Waals surface area contributed by atoms with Crippen molar-refractivity contribution in [3.8, 4) is 5.75 Å². The molecule has 2 heterocycles. The maximum absolute atomic E-state index is 6.10. The summed E-state index contributed by atoms with van der Waals surface area (Å²) in [5, 5.41) is 0. The van der Waals surface area contributed by atoms with Gasteiger partial charge in [-0.3, -0.25) is 4.99 Å². The molecule has 1 atom stereocenters. The van der Waals surface area contributed by atoms with Gasteiger partial charge in [0.1, 0.15) is 11.5 Å². The van der Waals surface area contributed by atoms with Crippen LogP contribution in [0.2, 0.25) is 0 Å². The minimum absolute atomic E-state index is 0.296. The van der Waals surface area contributed by atoms with Crippen LogP contribution in [0.15, 0.2) is 70.4 Å². The third-order valence-electron chi connectivity index (χ3n) is 4.06. The van der Waals surface area contributed by atoms with Gasteiger partial charge in [0.2, 0.25) is 0 Å². The summed E-state index contributed by atoms with van der Waals surface area (Å²) in [5.74, 6) is 1.89. The van der Waals surface area contributed by atoms with E-state index in [1.807, 2.05) is 12.1 Å². The van der Waals surface area contributed by atoms with E-state index in [-0.39, 0.29) is 5.41 Å². The molecule has 104 valence electrons. The van der Waals surface area contributed by atoms with E-state index in [1.165, 1.54) is 0 Å². The van der Waals surface area contributed by atoms with Gasteiger partial charge >= 0.3 is 0 Å². The molecule has 0 saturated carbocycles. The molecule has 1 aliphatic carbocycles. The number of hydrogen-bond donors (Lipinski definition) is 0. The Bertz CT molecular complexity index is 770. The zero-order chi connectivity index (χ0) is 14.4. The fraction of sp³-hybridized carbons (Fsp3) is 0.167. The molecular weight excluding hydrogens is 326 g/mol. The number of allylic oxidation sites excluding steroid dienone is 5. The number of ether oxygens (including phenoxy) is 1. The number of halogens is 1. The Balaban J connectivity index is 2.03. The molecule has 0 amide bonds. The molecule has 3 aliphatic rings. The molecule has 4 rings (SSSR count). The summed E-state index contributed by atoms with van der Waals surface area (Å²) in [4.78, 5) is 4.81. The first kappa shape index (κ1) is 12.8. The van der Waals surface area contributed by atoms with E-state index in [4.69, 9.17) is 9.73 Å². The SMILES string of the molecule is C=CCC1=Nc2cc(Br)cc3c2C2(C=CCC=C2O3)C=C1. The van der Waals surface area contributed by atoms with Crippen molar-refractivity contribution in [1.82, 2.24) is 0 Å². The lowest BCUT2D eigenvalue weighted by atomic mass is 9.76. The van der Waals surface area contributed by atoms with Crippen LogP contribution >= 0.6 is 15.9 Å². The zero-order valence-corrected chi connectivity index (χ0v) is 13.1. The summed E-state index contributed by atoms with van der Waals surface area (Å²) >= 11 is 3.55. The summed E-state index contributed by atoms with van der Waals surface area (Å²) in [6.45, 7) is 3.82. The predicted octanol–water partition coefficient (Wildman–Crippen LogP) is 5.14. The van der Waals surface area contributed by atoms with Crippen molar-refractivity contribution < 1.29 is 4.74 Å². The van der Waals surface area contributed by atoms with Gasteiger partial charge in [-0.2, -0.15) is 0 Å². The van der Waals surface area contributed by atoms with E-state index in [0.717, 1.165) is 45.8 Å². The maximum Gasteiger partial charge on any atom is 0.135 e. The first-order valence-electron chi connectivity index (χ1n) is 7.01. The lowest BCUT2D eigenvalue weighted by molar-refractivity contribution is 0.414. The van der Waals surface area contributed by atoms with Gasteiger partial charge in [-0.05, 0) is 30.7 Å². The van der Waals surface area contributed by atoms with Crippen molar-refractivity contribution in [3.63, 3.8) is 0 Å². The number of rotatable bonds is 2. The largest absolute Gasteiger partial charge is 0.460 e. The second kappa shape index (κ2) is 4.57. The Kier molecular flexibility index (Phi) is 2.79. The molecule has 1 aromatic rings. The molecule has 0 saturated heterocycles. The molecule has 21 heavy (non-hydrogen) atoms. The zero-order valence-electron chi connectivity index (χ0n) is 11.5. The van der Waals surface area contributed by atoms with Gasteiger partial charge in [-0.25, -0.2) is 0 Å². The van der Waals surface area contributed by atoms with Gasteiger partial charge in [0.05, 0.1) is 11.1 Å². The number of nitrogens with zero attached hydrogens (tertiary/aromatic N) is 1. The van der Waals surface area contributed by atoms with Crippen LogP contribution in [0.3, 0.4) is 0 Å². The van der Waals surface area contributed by atoms with Crippen LogP contribution in [-0.2, 0) is 5.41 Å². The van der Waals surface area contributed by atoms with E-state index in [0.29, 0.717) is 0 Å². The Hall–Kier alpha value is -1.87. The molecule has 0 fully saturated rings. The summed E-state index contributed by atoms with van der Waals surface area (Å²) < 4.78 is 7.08. The molecule has 0 bridgehead atoms. The molecule has 2 nitrogen and oxygen atoms in total. The van der Waals surface area contributed by atoms with Crippen molar-refractivity contribution in [3.05, 3.63) is 71.0 Å². The molecular formula is C18H14BrNO. The number of benzene rings is 1. The minimum Gasteiger partial charge on any atom is -0.460 e. The van der Waals surface area contributed by atoms with E-state index in [1.54, 1.807) is 0 Å². The lowest BCUT2D eigenvalue weighted by Gasteiger charge is -2.24. The van der Waals surface area contributed by atoms with Gasteiger partial charge in [-0.1, -0.05) is 40.2 Å². The summed E-state index contributed by atoms with van der Waals surface area (Å²) in [6.07, 6.45) is 14.4. The van der Waals surface area contributed by atoms with Crippen LogP contribution in [0, 0.1) is 0 Å². The van der Waals surface area contributed by atoms with Crippen molar-refractivity contribution >= 4 is 27.3 Å². The molecule has 3 heteroatoms. The predicted molar refractivity (Wildman–Crippen MR) is 89.3 cm³/mol. The quantitative estimate of drug-likeness (QED) is 0.683. The maximum atomic E-state index is 6.10. The summed E-state index contributed by atoms with van der Waals surface area (Å²) in [6, 6.07) is 4.08. The highest BCUT2D eigenvalue weighted by molar-refractivity contribution is 9.10. The second-order valence-corrected chi connectivity index (χ2v) is 6.32. The number of hydrogen-bond acceptors (Lipinski definition) is 2.